The minimum Gasteiger partial charge on any atom is -0.307 e. The Morgan fingerprint density at radius 3 is 2.53 bits per heavy atom. The Hall–Kier alpha value is -0.590. The molecule has 0 amide bonds. The van der Waals surface area contributed by atoms with E-state index in [0.29, 0.717) is 0 Å². The quantitative estimate of drug-likeness (QED) is 0.667. The van der Waals surface area contributed by atoms with Gasteiger partial charge in [0.05, 0.1) is 6.07 Å². The summed E-state index contributed by atoms with van der Waals surface area (Å²) in [6.07, 6.45) is 3.07. The van der Waals surface area contributed by atoms with Crippen LogP contribution in [0.25, 0.3) is 0 Å². The topological polar surface area (TPSA) is 39.1 Å². The molecule has 0 aromatic rings. The lowest BCUT2D eigenvalue weighted by Crippen LogP contribution is -2.41. The molecule has 3 nitrogen and oxygen atoms in total. The zero-order valence-electron chi connectivity index (χ0n) is 10.6. The van der Waals surface area contributed by atoms with E-state index in [0.717, 1.165) is 38.9 Å². The van der Waals surface area contributed by atoms with Crippen molar-refractivity contribution < 1.29 is 0 Å². The van der Waals surface area contributed by atoms with E-state index in [9.17, 15) is 0 Å². The predicted octanol–water partition coefficient (Wildman–Crippen LogP) is 2.00. The minimum atomic E-state index is -0.343. The fourth-order valence-electron chi connectivity index (χ4n) is 1.45. The van der Waals surface area contributed by atoms with Crippen LogP contribution in [0.2, 0.25) is 0 Å². The summed E-state index contributed by atoms with van der Waals surface area (Å²) in [6.45, 7) is 9.34. The fraction of sp³-hybridized carbons (Fsp3) is 0.917. The number of hydrogen-bond donors (Lipinski definition) is 1. The second-order valence-electron chi connectivity index (χ2n) is 4.37. The Balaban J connectivity index is 3.83. The van der Waals surface area contributed by atoms with Gasteiger partial charge in [-0.05, 0) is 52.9 Å². The molecule has 88 valence electrons. The zero-order chi connectivity index (χ0) is 11.7. The summed E-state index contributed by atoms with van der Waals surface area (Å²) in [5, 5.41) is 12.4. The van der Waals surface area contributed by atoms with Gasteiger partial charge in [-0.1, -0.05) is 13.8 Å². The standard InChI is InChI=1S/C12H25N3/c1-5-9-14-12(3,11-13)8-7-10-15(4)6-2/h14H,5-10H2,1-4H3. The summed E-state index contributed by atoms with van der Waals surface area (Å²) in [4.78, 5) is 2.28. The van der Waals surface area contributed by atoms with Crippen LogP contribution in [0.15, 0.2) is 0 Å². The summed E-state index contributed by atoms with van der Waals surface area (Å²) in [6, 6.07) is 2.38. The van der Waals surface area contributed by atoms with Gasteiger partial charge < -0.3 is 4.90 Å². The molecule has 0 radical (unpaired) electrons. The Morgan fingerprint density at radius 2 is 2.07 bits per heavy atom. The van der Waals surface area contributed by atoms with E-state index in [1.165, 1.54) is 0 Å². The normalized spacial score (nSPS) is 14.9. The van der Waals surface area contributed by atoms with Crippen molar-refractivity contribution in [2.24, 2.45) is 0 Å². The first-order chi connectivity index (χ1) is 7.08. The summed E-state index contributed by atoms with van der Waals surface area (Å²) in [5.41, 5.74) is -0.343. The van der Waals surface area contributed by atoms with Crippen molar-refractivity contribution in [2.75, 3.05) is 26.7 Å². The second-order valence-corrected chi connectivity index (χ2v) is 4.37. The largest absolute Gasteiger partial charge is 0.307 e. The van der Waals surface area contributed by atoms with Crippen LogP contribution in [-0.4, -0.2) is 37.1 Å². The molecule has 3 heteroatoms. The number of rotatable bonds is 8. The van der Waals surface area contributed by atoms with Crippen LogP contribution >= 0.6 is 0 Å². The lowest BCUT2D eigenvalue weighted by atomic mass is 9.97. The van der Waals surface area contributed by atoms with Crippen LogP contribution < -0.4 is 5.32 Å². The van der Waals surface area contributed by atoms with Crippen molar-refractivity contribution in [3.63, 3.8) is 0 Å². The number of hydrogen-bond acceptors (Lipinski definition) is 3. The van der Waals surface area contributed by atoms with E-state index in [-0.39, 0.29) is 5.54 Å². The highest BCUT2D eigenvalue weighted by molar-refractivity contribution is 5.03. The summed E-state index contributed by atoms with van der Waals surface area (Å²) in [7, 11) is 2.11. The molecule has 0 heterocycles. The first-order valence-corrected chi connectivity index (χ1v) is 5.92. The average molecular weight is 211 g/mol. The molecule has 0 aliphatic heterocycles. The van der Waals surface area contributed by atoms with E-state index in [1.54, 1.807) is 0 Å². The molecule has 0 saturated heterocycles. The third kappa shape index (κ3) is 6.48. The van der Waals surface area contributed by atoms with E-state index in [2.05, 4.69) is 37.2 Å². The van der Waals surface area contributed by atoms with Gasteiger partial charge in [-0.2, -0.15) is 5.26 Å². The van der Waals surface area contributed by atoms with E-state index in [1.807, 2.05) is 6.92 Å². The smallest absolute Gasteiger partial charge is 0.103 e. The third-order valence-electron chi connectivity index (χ3n) is 2.77. The van der Waals surface area contributed by atoms with Gasteiger partial charge in [0, 0.05) is 0 Å². The molecule has 0 saturated carbocycles. The summed E-state index contributed by atoms with van der Waals surface area (Å²) in [5.74, 6) is 0. The van der Waals surface area contributed by atoms with Gasteiger partial charge in [0.2, 0.25) is 0 Å². The molecule has 0 fully saturated rings. The third-order valence-corrected chi connectivity index (χ3v) is 2.77. The van der Waals surface area contributed by atoms with Crippen molar-refractivity contribution in [3.8, 4) is 6.07 Å². The van der Waals surface area contributed by atoms with Crippen LogP contribution in [0.4, 0.5) is 0 Å². The predicted molar refractivity (Wildman–Crippen MR) is 64.7 cm³/mol. The monoisotopic (exact) mass is 211 g/mol. The SMILES string of the molecule is CCCNC(C)(C#N)CCCN(C)CC. The maximum absolute atomic E-state index is 9.11. The van der Waals surface area contributed by atoms with Crippen LogP contribution in [0, 0.1) is 11.3 Å². The van der Waals surface area contributed by atoms with Crippen LogP contribution in [-0.2, 0) is 0 Å². The van der Waals surface area contributed by atoms with Gasteiger partial charge in [0.1, 0.15) is 5.54 Å². The molecule has 0 aromatic carbocycles. The molecule has 1 unspecified atom stereocenters. The van der Waals surface area contributed by atoms with E-state index < -0.39 is 0 Å². The lowest BCUT2D eigenvalue weighted by molar-refractivity contribution is 0.317. The van der Waals surface area contributed by atoms with Crippen molar-refractivity contribution in [2.45, 2.75) is 45.6 Å². The summed E-state index contributed by atoms with van der Waals surface area (Å²) < 4.78 is 0. The Morgan fingerprint density at radius 1 is 1.40 bits per heavy atom. The highest BCUT2D eigenvalue weighted by Crippen LogP contribution is 2.11. The zero-order valence-corrected chi connectivity index (χ0v) is 10.6. The van der Waals surface area contributed by atoms with Gasteiger partial charge in [-0.25, -0.2) is 0 Å². The lowest BCUT2D eigenvalue weighted by Gasteiger charge is -2.24. The van der Waals surface area contributed by atoms with E-state index in [4.69, 9.17) is 5.26 Å². The molecule has 0 aliphatic rings. The molecule has 1 atom stereocenters. The summed E-state index contributed by atoms with van der Waals surface area (Å²) >= 11 is 0. The molecule has 0 spiro atoms. The Bertz CT molecular complexity index is 198. The van der Waals surface area contributed by atoms with Crippen molar-refractivity contribution in [3.05, 3.63) is 0 Å². The molecule has 0 bridgehead atoms. The molecular weight excluding hydrogens is 186 g/mol. The van der Waals surface area contributed by atoms with Crippen LogP contribution in [0.5, 0.6) is 0 Å². The fourth-order valence-corrected chi connectivity index (χ4v) is 1.45. The van der Waals surface area contributed by atoms with Crippen molar-refractivity contribution in [1.29, 1.82) is 5.26 Å². The maximum Gasteiger partial charge on any atom is 0.103 e. The van der Waals surface area contributed by atoms with Crippen molar-refractivity contribution in [1.82, 2.24) is 10.2 Å². The van der Waals surface area contributed by atoms with Gasteiger partial charge in [0.15, 0.2) is 0 Å². The highest BCUT2D eigenvalue weighted by atomic mass is 15.1. The first-order valence-electron chi connectivity index (χ1n) is 5.92. The first kappa shape index (κ1) is 14.4. The highest BCUT2D eigenvalue weighted by Gasteiger charge is 2.21. The molecule has 0 rings (SSSR count). The maximum atomic E-state index is 9.11. The second kappa shape index (κ2) is 7.67. The van der Waals surface area contributed by atoms with Gasteiger partial charge in [-0.3, -0.25) is 5.32 Å². The number of nitriles is 1. The molecule has 15 heavy (non-hydrogen) atoms. The van der Waals surface area contributed by atoms with Crippen LogP contribution in [0.3, 0.4) is 0 Å². The van der Waals surface area contributed by atoms with E-state index >= 15 is 0 Å². The molecular formula is C12H25N3. The molecule has 0 aromatic heterocycles. The number of nitrogens with zero attached hydrogens (tertiary/aromatic N) is 2. The minimum absolute atomic E-state index is 0.343. The van der Waals surface area contributed by atoms with Gasteiger partial charge >= 0.3 is 0 Å². The average Bonchev–Trinajstić information content (AvgIpc) is 2.26. The van der Waals surface area contributed by atoms with Crippen LogP contribution in [0.1, 0.15) is 40.0 Å². The van der Waals surface area contributed by atoms with Gasteiger partial charge in [0.25, 0.3) is 0 Å². The number of nitrogens with one attached hydrogen (secondary N) is 1. The Kier molecular flexibility index (Phi) is 7.37. The Labute approximate surface area is 94.5 Å². The molecule has 1 N–H and O–H groups in total. The van der Waals surface area contributed by atoms with Gasteiger partial charge in [-0.15, -0.1) is 0 Å². The van der Waals surface area contributed by atoms with Crippen molar-refractivity contribution >= 4 is 0 Å². The molecule has 0 aliphatic carbocycles.